The summed E-state index contributed by atoms with van der Waals surface area (Å²) in [5.74, 6) is 0.188. The Hall–Kier alpha value is -0.920. The molecular formula is C12H20FN2O12P3. The summed E-state index contributed by atoms with van der Waals surface area (Å²) in [5.41, 5.74) is -1.69. The highest BCUT2D eigenvalue weighted by Crippen LogP contribution is 2.66. The highest BCUT2D eigenvalue weighted by molar-refractivity contribution is 7.66. The third-order valence-corrected chi connectivity index (χ3v) is 7.61. The van der Waals surface area contributed by atoms with Gasteiger partial charge in [0.15, 0.2) is 12.4 Å². The van der Waals surface area contributed by atoms with E-state index in [0.717, 1.165) is 6.92 Å². The number of allylic oxidation sites excluding steroid dienone is 1. The first kappa shape index (κ1) is 25.3. The SMILES string of the molecule is C=C1C=CN([C@@H]2O[C@H](COP(=O)(O)OP(=O)(O)OP(=O)(O)O)[C@H](F)C2(C)O)C(=C)N1. The van der Waals surface area contributed by atoms with Crippen molar-refractivity contribution in [3.63, 3.8) is 0 Å². The minimum Gasteiger partial charge on any atom is -0.382 e. The standard InChI is InChI=1S/C12H20FN2O12P3/c1-7-4-5-15(8(2)14-7)11-12(3,16)10(13)9(25-11)6-24-29(20,21)27-30(22,23)26-28(17,18)19/h4-5,9-11,14,16H,1-2,6H2,3H3,(H,20,21)(H,22,23)(H2,17,18,19)/t9-,10+,11-,12?/m1/s1. The maximum absolute atomic E-state index is 14.7. The van der Waals surface area contributed by atoms with Crippen LogP contribution in [0.4, 0.5) is 4.39 Å². The van der Waals surface area contributed by atoms with Crippen LogP contribution in [0.15, 0.2) is 37.0 Å². The fourth-order valence-corrected chi connectivity index (χ4v) is 5.63. The van der Waals surface area contributed by atoms with Gasteiger partial charge in [0.05, 0.1) is 6.61 Å². The van der Waals surface area contributed by atoms with Gasteiger partial charge in [0.25, 0.3) is 0 Å². The van der Waals surface area contributed by atoms with E-state index in [1.165, 1.54) is 17.2 Å². The fraction of sp³-hybridized carbons (Fsp3) is 0.500. The van der Waals surface area contributed by atoms with Crippen molar-refractivity contribution in [2.45, 2.75) is 31.0 Å². The summed E-state index contributed by atoms with van der Waals surface area (Å²) in [5, 5.41) is 13.2. The van der Waals surface area contributed by atoms with Gasteiger partial charge in [0, 0.05) is 11.9 Å². The van der Waals surface area contributed by atoms with Crippen LogP contribution in [-0.4, -0.2) is 60.3 Å². The molecule has 0 radical (unpaired) electrons. The number of hydrogen-bond acceptors (Lipinski definition) is 10. The van der Waals surface area contributed by atoms with Crippen molar-refractivity contribution in [1.29, 1.82) is 0 Å². The Morgan fingerprint density at radius 2 is 1.83 bits per heavy atom. The molecule has 0 amide bonds. The normalized spacial score (nSPS) is 33.8. The summed E-state index contributed by atoms with van der Waals surface area (Å²) in [6.07, 6.45) is -2.29. The average Bonchev–Trinajstić information content (AvgIpc) is 2.73. The zero-order valence-electron chi connectivity index (χ0n) is 15.3. The molecule has 18 heteroatoms. The summed E-state index contributed by atoms with van der Waals surface area (Å²) >= 11 is 0. The third-order valence-electron chi connectivity index (χ3n) is 3.81. The van der Waals surface area contributed by atoms with Crippen LogP contribution in [0.2, 0.25) is 0 Å². The van der Waals surface area contributed by atoms with Crippen LogP contribution in [0.3, 0.4) is 0 Å². The molecule has 0 aromatic carbocycles. The molecule has 1 saturated heterocycles. The quantitative estimate of drug-likeness (QED) is 0.254. The molecule has 0 aromatic heterocycles. The van der Waals surface area contributed by atoms with Crippen LogP contribution < -0.4 is 5.32 Å². The van der Waals surface area contributed by atoms with E-state index in [2.05, 4.69) is 31.6 Å². The van der Waals surface area contributed by atoms with Gasteiger partial charge in [-0.15, -0.1) is 0 Å². The highest BCUT2D eigenvalue weighted by atomic mass is 31.3. The monoisotopic (exact) mass is 496 g/mol. The van der Waals surface area contributed by atoms with Crippen LogP contribution in [0.5, 0.6) is 0 Å². The van der Waals surface area contributed by atoms with Crippen LogP contribution in [-0.2, 0) is 31.6 Å². The number of nitrogens with zero attached hydrogens (tertiary/aromatic N) is 1. The smallest absolute Gasteiger partial charge is 0.382 e. The molecule has 2 aliphatic heterocycles. The molecule has 3 unspecified atom stereocenters. The second-order valence-corrected chi connectivity index (χ2v) is 10.8. The van der Waals surface area contributed by atoms with Gasteiger partial charge in [-0.05, 0) is 13.0 Å². The minimum absolute atomic E-state index is 0.188. The Morgan fingerprint density at radius 1 is 1.23 bits per heavy atom. The minimum atomic E-state index is -5.72. The van der Waals surface area contributed by atoms with Gasteiger partial charge in [-0.25, -0.2) is 18.1 Å². The van der Waals surface area contributed by atoms with E-state index >= 15 is 0 Å². The molecule has 6 atom stereocenters. The molecule has 0 saturated carbocycles. The summed E-state index contributed by atoms with van der Waals surface area (Å²) in [7, 11) is -16.7. The number of phosphoric acid groups is 3. The number of rotatable bonds is 8. The van der Waals surface area contributed by atoms with Crippen molar-refractivity contribution < 1.29 is 60.6 Å². The molecule has 6 N–H and O–H groups in total. The van der Waals surface area contributed by atoms with Gasteiger partial charge in [-0.1, -0.05) is 13.2 Å². The lowest BCUT2D eigenvalue weighted by Crippen LogP contribution is -2.51. The Bertz CT molecular complexity index is 888. The lowest BCUT2D eigenvalue weighted by atomic mass is 9.97. The summed E-state index contributed by atoms with van der Waals surface area (Å²) in [6, 6.07) is 0. The van der Waals surface area contributed by atoms with Crippen molar-refractivity contribution in [2.24, 2.45) is 0 Å². The van der Waals surface area contributed by atoms with Gasteiger partial charge in [-0.3, -0.25) is 4.52 Å². The fourth-order valence-electron chi connectivity index (χ4n) is 2.60. The van der Waals surface area contributed by atoms with Crippen LogP contribution >= 0.6 is 23.5 Å². The molecular weight excluding hydrogens is 476 g/mol. The maximum atomic E-state index is 14.7. The molecule has 1 fully saturated rings. The molecule has 0 spiro atoms. The summed E-state index contributed by atoms with van der Waals surface area (Å²) < 4.78 is 65.2. The third kappa shape index (κ3) is 6.30. The number of ether oxygens (including phenoxy) is 1. The van der Waals surface area contributed by atoms with E-state index in [0.29, 0.717) is 5.70 Å². The lowest BCUT2D eigenvalue weighted by molar-refractivity contribution is -0.107. The molecule has 2 aliphatic rings. The predicted molar refractivity (Wildman–Crippen MR) is 96.4 cm³/mol. The number of halogens is 1. The van der Waals surface area contributed by atoms with Gasteiger partial charge in [0.1, 0.15) is 17.5 Å². The summed E-state index contributed by atoms with van der Waals surface area (Å²) in [6.45, 7) is 7.36. The van der Waals surface area contributed by atoms with Crippen molar-refractivity contribution in [3.05, 3.63) is 37.0 Å². The Balaban J connectivity index is 2.07. The number of alkyl halides is 1. The molecule has 0 aliphatic carbocycles. The first-order valence-corrected chi connectivity index (χ1v) is 12.4. The van der Waals surface area contributed by atoms with E-state index in [4.69, 9.17) is 19.4 Å². The van der Waals surface area contributed by atoms with E-state index in [-0.39, 0.29) is 5.82 Å². The molecule has 172 valence electrons. The largest absolute Gasteiger partial charge is 0.490 e. The van der Waals surface area contributed by atoms with E-state index in [1.807, 2.05) is 0 Å². The summed E-state index contributed by atoms with van der Waals surface area (Å²) in [4.78, 5) is 36.8. The molecule has 30 heavy (non-hydrogen) atoms. The van der Waals surface area contributed by atoms with Gasteiger partial charge < -0.3 is 39.6 Å². The zero-order chi connectivity index (χ0) is 23.1. The van der Waals surface area contributed by atoms with Crippen molar-refractivity contribution in [3.8, 4) is 0 Å². The van der Waals surface area contributed by atoms with Gasteiger partial charge >= 0.3 is 23.5 Å². The molecule has 2 heterocycles. The second-order valence-electron chi connectivity index (χ2n) is 6.36. The van der Waals surface area contributed by atoms with Crippen LogP contribution in [0.1, 0.15) is 6.92 Å². The lowest BCUT2D eigenvalue weighted by Gasteiger charge is -2.37. The zero-order valence-corrected chi connectivity index (χ0v) is 18.0. The first-order chi connectivity index (χ1) is 13.4. The second kappa shape index (κ2) is 8.55. The molecule has 14 nitrogen and oxygen atoms in total. The number of hydrogen-bond donors (Lipinski definition) is 6. The van der Waals surface area contributed by atoms with E-state index in [1.54, 1.807) is 0 Å². The van der Waals surface area contributed by atoms with Crippen molar-refractivity contribution in [1.82, 2.24) is 10.2 Å². The molecule has 0 aromatic rings. The Morgan fingerprint density at radius 3 is 2.37 bits per heavy atom. The number of nitrogens with one attached hydrogen (secondary N) is 1. The molecule has 2 rings (SSSR count). The number of phosphoric ester groups is 1. The van der Waals surface area contributed by atoms with Crippen LogP contribution in [0, 0.1) is 0 Å². The first-order valence-electron chi connectivity index (χ1n) is 7.85. The van der Waals surface area contributed by atoms with Crippen molar-refractivity contribution >= 4 is 23.5 Å². The van der Waals surface area contributed by atoms with Gasteiger partial charge in [0.2, 0.25) is 0 Å². The number of aliphatic hydroxyl groups is 1. The average molecular weight is 496 g/mol. The van der Waals surface area contributed by atoms with E-state index < -0.39 is 54.2 Å². The molecule has 0 bridgehead atoms. The Labute approximate surface area is 169 Å². The predicted octanol–water partition coefficient (Wildman–Crippen LogP) is 0.547. The van der Waals surface area contributed by atoms with Gasteiger partial charge in [-0.2, -0.15) is 8.62 Å². The van der Waals surface area contributed by atoms with Crippen LogP contribution in [0.25, 0.3) is 0 Å². The maximum Gasteiger partial charge on any atom is 0.490 e. The van der Waals surface area contributed by atoms with E-state index in [9.17, 15) is 28.1 Å². The highest BCUT2D eigenvalue weighted by Gasteiger charge is 2.56. The van der Waals surface area contributed by atoms with Crippen molar-refractivity contribution in [2.75, 3.05) is 6.61 Å². The topological polar surface area (TPSA) is 205 Å². The Kier molecular flexibility index (Phi) is 7.22.